The summed E-state index contributed by atoms with van der Waals surface area (Å²) >= 11 is 0. The summed E-state index contributed by atoms with van der Waals surface area (Å²) in [6.45, 7) is 9.18. The molecule has 10 rings (SSSR count). The minimum Gasteiger partial charge on any atom is -0.458 e. The number of hydrogen-bond acceptors (Lipinski definition) is 2. The Hall–Kier alpha value is -7.50. The van der Waals surface area contributed by atoms with Gasteiger partial charge in [0, 0.05) is 35.4 Å². The summed E-state index contributed by atoms with van der Waals surface area (Å²) in [7, 11) is 0. The number of para-hydroxylation sites is 1. The van der Waals surface area contributed by atoms with Crippen molar-refractivity contribution in [3.63, 3.8) is 0 Å². The maximum absolute atomic E-state index is 6.71. The Kier molecular flexibility index (Phi) is 9.65. The Morgan fingerprint density at radius 2 is 1.23 bits per heavy atom. The predicted octanol–water partition coefficient (Wildman–Crippen LogP) is 14.0. The molecule has 5 heteroatoms. The Morgan fingerprint density at radius 1 is 0.574 bits per heavy atom. The summed E-state index contributed by atoms with van der Waals surface area (Å²) in [5.41, 5.74) is 12.4. The number of hydrogen-bond donors (Lipinski definition) is 0. The minimum absolute atomic E-state index is 0.107. The van der Waals surface area contributed by atoms with Crippen molar-refractivity contribution < 1.29 is 9.30 Å². The molecule has 1 atom stereocenters. The van der Waals surface area contributed by atoms with Crippen LogP contribution in [0.4, 0.5) is 0 Å². The Labute approximate surface area is 357 Å². The second-order valence-corrected chi connectivity index (χ2v) is 16.8. The van der Waals surface area contributed by atoms with Gasteiger partial charge < -0.3 is 4.74 Å². The van der Waals surface area contributed by atoms with Crippen molar-refractivity contribution in [3.8, 4) is 62.1 Å². The molecule has 7 aromatic carbocycles. The number of ether oxygens (including phenoxy) is 1. The Morgan fingerprint density at radius 3 is 1.92 bits per heavy atom. The van der Waals surface area contributed by atoms with Crippen LogP contribution in [0.1, 0.15) is 39.2 Å². The number of aromatic nitrogens is 4. The normalized spacial score (nSPS) is 12.2. The molecule has 3 heterocycles. The monoisotopic (exact) mass is 790 g/mol. The first-order chi connectivity index (χ1) is 29.8. The first kappa shape index (κ1) is 37.7. The van der Waals surface area contributed by atoms with E-state index in [9.17, 15) is 0 Å². The maximum atomic E-state index is 6.71. The second kappa shape index (κ2) is 15.6. The van der Waals surface area contributed by atoms with Gasteiger partial charge >= 0.3 is 0 Å². The fourth-order valence-corrected chi connectivity index (χ4v) is 8.37. The van der Waals surface area contributed by atoms with Crippen LogP contribution in [0.5, 0.6) is 11.5 Å². The second-order valence-electron chi connectivity index (χ2n) is 16.8. The average Bonchev–Trinajstić information content (AvgIpc) is 3.92. The fourth-order valence-electron chi connectivity index (χ4n) is 8.37. The zero-order chi connectivity index (χ0) is 41.5. The lowest BCUT2D eigenvalue weighted by Gasteiger charge is -2.27. The van der Waals surface area contributed by atoms with Crippen molar-refractivity contribution >= 4 is 21.8 Å². The van der Waals surface area contributed by atoms with Crippen molar-refractivity contribution in [1.29, 1.82) is 0 Å². The number of pyridine rings is 1. The molecule has 0 fully saturated rings. The molecule has 61 heavy (non-hydrogen) atoms. The number of rotatable bonds is 9. The lowest BCUT2D eigenvalue weighted by Crippen LogP contribution is -2.30. The van der Waals surface area contributed by atoms with Crippen molar-refractivity contribution in [2.24, 2.45) is 5.41 Å². The topological polar surface area (TPSA) is 35.9 Å². The number of nitrogens with zero attached hydrogens (tertiary/aromatic N) is 4. The van der Waals surface area contributed by atoms with Gasteiger partial charge in [-0.15, -0.1) is 0 Å². The first-order valence-electron chi connectivity index (χ1n) is 20.9. The standard InChI is InChI=1S/C56H46N4O/c1-39(56(2,3)4)43-30-31-57-54(35-43)60-52-29-26-44(40-16-8-5-9-17-40)34-51(52)50-28-27-47(37-53(50)60)61-46-23-14-22-45(36-46)58-32-33-59(38-58)55-48(41-18-10-6-11-19-41)24-15-25-49(55)42-20-12-7-13-21-42/h5-37,39H,1-4H3. The van der Waals surface area contributed by atoms with E-state index in [2.05, 4.69) is 219 Å². The molecule has 0 aliphatic rings. The van der Waals surface area contributed by atoms with Gasteiger partial charge in [0.05, 0.1) is 22.4 Å². The predicted molar refractivity (Wildman–Crippen MR) is 249 cm³/mol. The van der Waals surface area contributed by atoms with E-state index in [1.807, 2.05) is 29.1 Å². The summed E-state index contributed by atoms with van der Waals surface area (Å²) in [5, 5.41) is 2.31. The summed E-state index contributed by atoms with van der Waals surface area (Å²) in [6.07, 6.45) is 9.69. The number of imidazole rings is 1. The quantitative estimate of drug-likeness (QED) is 0.108. The third-order valence-corrected chi connectivity index (χ3v) is 12.0. The van der Waals surface area contributed by atoms with Crippen LogP contribution < -0.4 is 9.30 Å². The summed E-state index contributed by atoms with van der Waals surface area (Å²) < 4.78 is 13.1. The van der Waals surface area contributed by atoms with Crippen LogP contribution in [0.3, 0.4) is 0 Å². The van der Waals surface area contributed by atoms with E-state index < -0.39 is 0 Å². The van der Waals surface area contributed by atoms with Crippen molar-refractivity contribution in [2.45, 2.75) is 33.6 Å². The Bertz CT molecular complexity index is 3100. The van der Waals surface area contributed by atoms with E-state index in [4.69, 9.17) is 9.72 Å². The van der Waals surface area contributed by atoms with Gasteiger partial charge in [-0.2, -0.15) is 0 Å². The van der Waals surface area contributed by atoms with E-state index >= 15 is 0 Å². The largest absolute Gasteiger partial charge is 0.458 e. The molecule has 0 amide bonds. The highest BCUT2D eigenvalue weighted by Gasteiger charge is 2.23. The zero-order valence-corrected chi connectivity index (χ0v) is 34.8. The lowest BCUT2D eigenvalue weighted by atomic mass is 9.78. The van der Waals surface area contributed by atoms with E-state index in [1.165, 1.54) is 22.1 Å². The molecule has 0 saturated heterocycles. The molecule has 0 radical (unpaired) electrons. The van der Waals surface area contributed by atoms with Gasteiger partial charge in [-0.05, 0) is 105 Å². The smallest absolute Gasteiger partial charge is 0.268 e. The highest BCUT2D eigenvalue weighted by molar-refractivity contribution is 6.10. The molecule has 0 N–H and O–H groups in total. The highest BCUT2D eigenvalue weighted by Crippen LogP contribution is 2.40. The van der Waals surface area contributed by atoms with Gasteiger partial charge in [-0.1, -0.05) is 149 Å². The highest BCUT2D eigenvalue weighted by atomic mass is 16.5. The van der Waals surface area contributed by atoms with Gasteiger partial charge in [0.1, 0.15) is 17.3 Å². The Balaban J connectivity index is 1.03. The first-order valence-corrected chi connectivity index (χ1v) is 20.9. The van der Waals surface area contributed by atoms with Gasteiger partial charge in [0.25, 0.3) is 6.33 Å². The third kappa shape index (κ3) is 7.29. The molecular weight excluding hydrogens is 745 g/mol. The SMILES string of the molecule is CC(c1ccnc(-n2c3ccc(-c4ccccc4)cc3c3ccc(Oc4cccc(-n5[c-][n+](-c6c(-c7ccccc7)cccc6-c6ccccc6)cc5)c4)cc32)c1)C(C)(C)C. The van der Waals surface area contributed by atoms with Crippen LogP contribution in [0.15, 0.2) is 201 Å². The van der Waals surface area contributed by atoms with E-state index in [-0.39, 0.29) is 5.41 Å². The van der Waals surface area contributed by atoms with Crippen LogP contribution in [-0.2, 0) is 0 Å². The maximum Gasteiger partial charge on any atom is 0.268 e. The van der Waals surface area contributed by atoms with Gasteiger partial charge in [-0.25, -0.2) is 4.98 Å². The summed E-state index contributed by atoms with van der Waals surface area (Å²) in [5.74, 6) is 2.70. The van der Waals surface area contributed by atoms with Crippen LogP contribution >= 0.6 is 0 Å². The molecule has 0 aliphatic carbocycles. The van der Waals surface area contributed by atoms with Crippen LogP contribution in [0.25, 0.3) is 72.4 Å². The van der Waals surface area contributed by atoms with Crippen LogP contribution in [0, 0.1) is 11.7 Å². The van der Waals surface area contributed by atoms with Gasteiger partial charge in [-0.3, -0.25) is 13.7 Å². The van der Waals surface area contributed by atoms with Crippen molar-refractivity contribution in [1.82, 2.24) is 14.1 Å². The van der Waals surface area contributed by atoms with Crippen LogP contribution in [0.2, 0.25) is 0 Å². The minimum atomic E-state index is 0.107. The molecular formula is C56H46N4O. The van der Waals surface area contributed by atoms with Crippen LogP contribution in [-0.4, -0.2) is 14.1 Å². The average molecular weight is 791 g/mol. The van der Waals surface area contributed by atoms with E-state index in [1.54, 1.807) is 0 Å². The number of benzene rings is 7. The van der Waals surface area contributed by atoms with E-state index in [0.29, 0.717) is 5.92 Å². The van der Waals surface area contributed by atoms with Crippen molar-refractivity contribution in [2.75, 3.05) is 0 Å². The van der Waals surface area contributed by atoms with Gasteiger partial charge in [0.2, 0.25) is 0 Å². The molecule has 296 valence electrons. The van der Waals surface area contributed by atoms with E-state index in [0.717, 1.165) is 67.4 Å². The summed E-state index contributed by atoms with van der Waals surface area (Å²) in [4.78, 5) is 4.97. The third-order valence-electron chi connectivity index (χ3n) is 12.0. The van der Waals surface area contributed by atoms with Crippen molar-refractivity contribution in [3.05, 3.63) is 212 Å². The fraction of sp³-hybridized carbons (Fsp3) is 0.107. The number of fused-ring (bicyclic) bond motifs is 3. The molecule has 0 bridgehead atoms. The molecule has 3 aromatic heterocycles. The molecule has 0 spiro atoms. The zero-order valence-electron chi connectivity index (χ0n) is 34.8. The lowest BCUT2D eigenvalue weighted by molar-refractivity contribution is -0.598. The molecule has 0 aliphatic heterocycles. The molecule has 10 aromatic rings. The molecule has 5 nitrogen and oxygen atoms in total. The molecule has 0 saturated carbocycles. The summed E-state index contributed by atoms with van der Waals surface area (Å²) in [6, 6.07) is 63.9. The van der Waals surface area contributed by atoms with Gasteiger partial charge in [0.15, 0.2) is 0 Å². The molecule has 1 unspecified atom stereocenters.